The lowest BCUT2D eigenvalue weighted by molar-refractivity contribution is 0.0599. The van der Waals surface area contributed by atoms with Gasteiger partial charge in [-0.1, -0.05) is 0 Å². The molecule has 0 spiro atoms. The van der Waals surface area contributed by atoms with Gasteiger partial charge >= 0.3 is 5.97 Å². The molecule has 126 valence electrons. The average molecular weight is 330 g/mol. The Hall–Kier alpha value is -2.96. The first kappa shape index (κ1) is 15.9. The van der Waals surface area contributed by atoms with Crippen LogP contribution in [0.3, 0.4) is 0 Å². The number of carbonyl (C=O) groups is 2. The first-order valence-electron chi connectivity index (χ1n) is 7.49. The van der Waals surface area contributed by atoms with Crippen molar-refractivity contribution in [1.82, 2.24) is 4.98 Å². The quantitative estimate of drug-likeness (QED) is 0.844. The molecule has 0 unspecified atom stereocenters. The van der Waals surface area contributed by atoms with Crippen LogP contribution in [0.1, 0.15) is 32.1 Å². The number of carbonyl (C=O) groups excluding carboxylic acids is 2. The van der Waals surface area contributed by atoms with Crippen LogP contribution in [-0.4, -0.2) is 37.2 Å². The summed E-state index contributed by atoms with van der Waals surface area (Å²) in [5, 5.41) is 2.79. The first-order valence-corrected chi connectivity index (χ1v) is 7.49. The third-order valence-electron chi connectivity index (χ3n) is 3.85. The second-order valence-corrected chi connectivity index (χ2v) is 5.43. The van der Waals surface area contributed by atoms with E-state index in [9.17, 15) is 9.59 Å². The monoisotopic (exact) mass is 330 g/mol. The molecule has 0 fully saturated rings. The largest absolute Gasteiger partial charge is 0.486 e. The molecule has 2 aromatic rings. The fourth-order valence-corrected chi connectivity index (χ4v) is 2.70. The van der Waals surface area contributed by atoms with Gasteiger partial charge in [0.25, 0.3) is 5.91 Å². The Bertz CT molecular complexity index is 810. The van der Waals surface area contributed by atoms with Crippen LogP contribution in [0.4, 0.5) is 5.69 Å². The maximum absolute atomic E-state index is 12.5. The number of H-pyrrole nitrogens is 1. The number of ether oxygens (including phenoxy) is 3. The normalized spacial score (nSPS) is 12.6. The SMILES string of the molecule is COC(=O)c1c(C)[nH]c(C(=O)Nc2ccc3c(c2)OCCO3)c1C. The molecule has 1 aromatic heterocycles. The highest BCUT2D eigenvalue weighted by molar-refractivity contribution is 6.06. The second kappa shape index (κ2) is 6.27. The van der Waals surface area contributed by atoms with Crippen molar-refractivity contribution in [2.75, 3.05) is 25.6 Å². The molecule has 0 atom stereocenters. The number of amides is 1. The minimum atomic E-state index is -0.473. The van der Waals surface area contributed by atoms with Gasteiger partial charge in [0.15, 0.2) is 11.5 Å². The van der Waals surface area contributed by atoms with Gasteiger partial charge in [0.2, 0.25) is 0 Å². The number of fused-ring (bicyclic) bond motifs is 1. The van der Waals surface area contributed by atoms with E-state index in [1.54, 1.807) is 32.0 Å². The summed E-state index contributed by atoms with van der Waals surface area (Å²) >= 11 is 0. The molecule has 0 saturated carbocycles. The molecule has 24 heavy (non-hydrogen) atoms. The van der Waals surface area contributed by atoms with E-state index >= 15 is 0 Å². The van der Waals surface area contributed by atoms with E-state index in [1.165, 1.54) is 7.11 Å². The van der Waals surface area contributed by atoms with Crippen molar-refractivity contribution in [3.8, 4) is 11.5 Å². The Morgan fingerprint density at radius 1 is 1.17 bits per heavy atom. The minimum absolute atomic E-state index is 0.322. The van der Waals surface area contributed by atoms with Gasteiger partial charge in [-0.25, -0.2) is 4.79 Å². The van der Waals surface area contributed by atoms with Crippen LogP contribution < -0.4 is 14.8 Å². The highest BCUT2D eigenvalue weighted by Crippen LogP contribution is 2.32. The summed E-state index contributed by atoms with van der Waals surface area (Å²) in [5.41, 5.74) is 2.42. The third kappa shape index (κ3) is 2.80. The van der Waals surface area contributed by atoms with E-state index in [0.29, 0.717) is 52.9 Å². The lowest BCUT2D eigenvalue weighted by atomic mass is 10.1. The second-order valence-electron chi connectivity index (χ2n) is 5.43. The molecule has 2 heterocycles. The Morgan fingerprint density at radius 2 is 1.88 bits per heavy atom. The van der Waals surface area contributed by atoms with Crippen molar-refractivity contribution in [2.45, 2.75) is 13.8 Å². The molecule has 2 N–H and O–H groups in total. The molecule has 0 aliphatic carbocycles. The summed E-state index contributed by atoms with van der Waals surface area (Å²) in [6.07, 6.45) is 0. The van der Waals surface area contributed by atoms with Gasteiger partial charge in [-0.05, 0) is 31.5 Å². The van der Waals surface area contributed by atoms with Crippen LogP contribution in [0.5, 0.6) is 11.5 Å². The summed E-state index contributed by atoms with van der Waals surface area (Å²) in [4.78, 5) is 27.3. The number of hydrogen-bond donors (Lipinski definition) is 2. The van der Waals surface area contributed by atoms with Crippen molar-refractivity contribution in [2.24, 2.45) is 0 Å². The number of aromatic nitrogens is 1. The first-order chi connectivity index (χ1) is 11.5. The van der Waals surface area contributed by atoms with Crippen LogP contribution >= 0.6 is 0 Å². The smallest absolute Gasteiger partial charge is 0.339 e. The van der Waals surface area contributed by atoms with E-state index in [1.807, 2.05) is 0 Å². The molecular weight excluding hydrogens is 312 g/mol. The molecule has 0 saturated heterocycles. The molecule has 0 radical (unpaired) electrons. The molecule has 1 amide bonds. The Kier molecular flexibility index (Phi) is 4.16. The molecule has 1 aliphatic rings. The van der Waals surface area contributed by atoms with Gasteiger partial charge in [0.05, 0.1) is 12.7 Å². The zero-order valence-corrected chi connectivity index (χ0v) is 13.7. The number of hydrogen-bond acceptors (Lipinski definition) is 5. The van der Waals surface area contributed by atoms with Crippen LogP contribution in [0.2, 0.25) is 0 Å². The van der Waals surface area contributed by atoms with E-state index in [4.69, 9.17) is 14.2 Å². The third-order valence-corrected chi connectivity index (χ3v) is 3.85. The molecule has 1 aliphatic heterocycles. The van der Waals surface area contributed by atoms with Crippen molar-refractivity contribution in [3.05, 3.63) is 40.7 Å². The van der Waals surface area contributed by atoms with Crippen molar-refractivity contribution in [1.29, 1.82) is 0 Å². The highest BCUT2D eigenvalue weighted by Gasteiger charge is 2.23. The molecule has 7 nitrogen and oxygen atoms in total. The number of aromatic amines is 1. The van der Waals surface area contributed by atoms with E-state index in [0.717, 1.165) is 0 Å². The summed E-state index contributed by atoms with van der Waals surface area (Å²) in [5.74, 6) is 0.426. The summed E-state index contributed by atoms with van der Waals surface area (Å²) in [7, 11) is 1.31. The predicted octanol–water partition coefficient (Wildman–Crippen LogP) is 2.44. The summed E-state index contributed by atoms with van der Waals surface area (Å²) in [6.45, 7) is 4.41. The Labute approximate surface area is 138 Å². The fourth-order valence-electron chi connectivity index (χ4n) is 2.70. The lowest BCUT2D eigenvalue weighted by Gasteiger charge is -2.19. The van der Waals surface area contributed by atoms with Gasteiger partial charge < -0.3 is 24.5 Å². The van der Waals surface area contributed by atoms with Crippen LogP contribution in [0, 0.1) is 13.8 Å². The van der Waals surface area contributed by atoms with Crippen LogP contribution in [0.15, 0.2) is 18.2 Å². The molecule has 3 rings (SSSR count). The van der Waals surface area contributed by atoms with Crippen molar-refractivity contribution < 1.29 is 23.8 Å². The van der Waals surface area contributed by atoms with Crippen LogP contribution in [0.25, 0.3) is 0 Å². The van der Waals surface area contributed by atoms with Crippen LogP contribution in [-0.2, 0) is 4.74 Å². The minimum Gasteiger partial charge on any atom is -0.486 e. The van der Waals surface area contributed by atoms with Gasteiger partial charge in [-0.15, -0.1) is 0 Å². The zero-order chi connectivity index (χ0) is 17.3. The number of methoxy groups -OCH3 is 1. The van der Waals surface area contributed by atoms with E-state index < -0.39 is 5.97 Å². The van der Waals surface area contributed by atoms with Gasteiger partial charge in [0.1, 0.15) is 18.9 Å². The van der Waals surface area contributed by atoms with Gasteiger partial charge in [-0.2, -0.15) is 0 Å². The molecular formula is C17H18N2O5. The summed E-state index contributed by atoms with van der Waals surface area (Å²) < 4.78 is 15.7. The summed E-state index contributed by atoms with van der Waals surface area (Å²) in [6, 6.07) is 5.19. The number of nitrogens with one attached hydrogen (secondary N) is 2. The number of anilines is 1. The predicted molar refractivity (Wildman–Crippen MR) is 87.0 cm³/mol. The molecule has 0 bridgehead atoms. The fraction of sp³-hybridized carbons (Fsp3) is 0.294. The number of benzene rings is 1. The van der Waals surface area contributed by atoms with Crippen molar-refractivity contribution >= 4 is 17.6 Å². The average Bonchev–Trinajstić information content (AvgIpc) is 2.88. The maximum atomic E-state index is 12.5. The number of aryl methyl sites for hydroxylation is 1. The van der Waals surface area contributed by atoms with Crippen molar-refractivity contribution in [3.63, 3.8) is 0 Å². The topological polar surface area (TPSA) is 89.7 Å². The van der Waals surface area contributed by atoms with E-state index in [-0.39, 0.29) is 5.91 Å². The number of rotatable bonds is 3. The highest BCUT2D eigenvalue weighted by atomic mass is 16.6. The van der Waals surface area contributed by atoms with E-state index in [2.05, 4.69) is 10.3 Å². The standard InChI is InChI=1S/C17H18N2O5/c1-9-14(17(21)22-3)10(2)18-15(9)16(20)19-11-4-5-12-13(8-11)24-7-6-23-12/h4-5,8,18H,6-7H2,1-3H3,(H,19,20). The van der Waals surface area contributed by atoms with Gasteiger partial charge in [-0.3, -0.25) is 4.79 Å². The van der Waals surface area contributed by atoms with Gasteiger partial charge in [0, 0.05) is 17.4 Å². The molecule has 7 heteroatoms. The number of esters is 1. The Morgan fingerprint density at radius 3 is 2.58 bits per heavy atom. The zero-order valence-electron chi connectivity index (χ0n) is 13.7. The molecule has 1 aromatic carbocycles. The maximum Gasteiger partial charge on any atom is 0.339 e. The lowest BCUT2D eigenvalue weighted by Crippen LogP contribution is -2.17. The Balaban J connectivity index is 1.84.